The highest BCUT2D eigenvalue weighted by Crippen LogP contribution is 2.13. The molecule has 6 nitrogen and oxygen atoms in total. The third-order valence-corrected chi connectivity index (χ3v) is 2.28. The zero-order chi connectivity index (χ0) is 13.6. The van der Waals surface area contributed by atoms with Crippen LogP contribution in [0.2, 0.25) is 0 Å². The van der Waals surface area contributed by atoms with Crippen LogP contribution in [0.3, 0.4) is 0 Å². The van der Waals surface area contributed by atoms with Gasteiger partial charge in [-0.15, -0.1) is 11.3 Å². The van der Waals surface area contributed by atoms with Gasteiger partial charge in [-0.05, 0) is 11.4 Å². The van der Waals surface area contributed by atoms with Gasteiger partial charge in [-0.1, -0.05) is 30.3 Å². The number of benzene rings is 1. The third-order valence-electron chi connectivity index (χ3n) is 1.70. The average Bonchev–Trinajstić information content (AvgIpc) is 2.28. The second-order valence-electron chi connectivity index (χ2n) is 2.98. The largest absolute Gasteiger partial charge is 0.274 e. The van der Waals surface area contributed by atoms with Gasteiger partial charge in [0.2, 0.25) is 4.80 Å². The lowest BCUT2D eigenvalue weighted by atomic mass is 10.2. The van der Waals surface area contributed by atoms with E-state index in [2.05, 4.69) is 4.98 Å². The molecule has 2 rings (SSSR count). The molecule has 18 heavy (non-hydrogen) atoms. The molecular formula is C10H9ClN2O4S. The number of aromatic nitrogens is 1. The van der Waals surface area contributed by atoms with Crippen LogP contribution in [0.1, 0.15) is 0 Å². The highest BCUT2D eigenvalue weighted by Gasteiger charge is 1.99. The van der Waals surface area contributed by atoms with Crippen molar-refractivity contribution in [3.05, 3.63) is 46.6 Å². The molecule has 1 aromatic heterocycles. The average molecular weight is 289 g/mol. The van der Waals surface area contributed by atoms with Crippen molar-refractivity contribution in [3.63, 3.8) is 0 Å². The van der Waals surface area contributed by atoms with Crippen LogP contribution in [0.25, 0.3) is 11.3 Å². The predicted octanol–water partition coefficient (Wildman–Crippen LogP) is -1.83. The number of nitrogens with one attached hydrogen (secondary N) is 1. The third kappa shape index (κ3) is 6.40. The molecule has 0 unspecified atom stereocenters. The standard InChI is InChI=1S/C10H8N2S.ClHO4/c11-10-12-9(6-7-13-10)8-4-2-1-3-5-8;2-1(3,4)5/h1-7,11H;(H,2,3,4,5). The normalized spacial score (nSPS) is 10.4. The Labute approximate surface area is 109 Å². The zero-order valence-corrected chi connectivity index (χ0v) is 10.5. The molecular weight excluding hydrogens is 280 g/mol. The number of rotatable bonds is 1. The van der Waals surface area contributed by atoms with Crippen molar-refractivity contribution in [2.45, 2.75) is 0 Å². The second-order valence-corrected chi connectivity index (χ2v) is 4.67. The van der Waals surface area contributed by atoms with E-state index in [4.69, 9.17) is 24.0 Å². The maximum Gasteiger partial charge on any atom is 0.202 e. The summed E-state index contributed by atoms with van der Waals surface area (Å²) in [5, 5.41) is 9.28. The van der Waals surface area contributed by atoms with E-state index in [-0.39, 0.29) is 0 Å². The van der Waals surface area contributed by atoms with Crippen LogP contribution in [0, 0.1) is 15.7 Å². The number of nitrogens with zero attached hydrogens (tertiary/aromatic N) is 1. The molecule has 8 heteroatoms. The van der Waals surface area contributed by atoms with Gasteiger partial charge in [0.25, 0.3) is 0 Å². The summed E-state index contributed by atoms with van der Waals surface area (Å²) < 4.78 is 32.7. The van der Waals surface area contributed by atoms with Gasteiger partial charge < -0.3 is 0 Å². The molecule has 96 valence electrons. The first-order valence-corrected chi connectivity index (χ1v) is 6.70. The Morgan fingerprint density at radius 3 is 2.17 bits per heavy atom. The summed E-state index contributed by atoms with van der Waals surface area (Å²) in [6, 6.07) is 11.8. The molecule has 0 saturated heterocycles. The summed E-state index contributed by atoms with van der Waals surface area (Å²) in [4.78, 5) is 4.48. The topological polar surface area (TPSA) is 126 Å². The van der Waals surface area contributed by atoms with Crippen LogP contribution in [-0.2, 0) is 0 Å². The van der Waals surface area contributed by atoms with Crippen molar-refractivity contribution in [2.24, 2.45) is 0 Å². The molecule has 0 aliphatic carbocycles. The Morgan fingerprint density at radius 1 is 1.11 bits per heavy atom. The van der Waals surface area contributed by atoms with Crippen molar-refractivity contribution in [1.82, 2.24) is 4.98 Å². The first-order valence-electron chi connectivity index (χ1n) is 4.55. The maximum absolute atomic E-state index is 8.60. The summed E-state index contributed by atoms with van der Waals surface area (Å²) in [5.74, 6) is 0. The number of hydrogen-bond acceptors (Lipinski definition) is 7. The Kier molecular flexibility index (Phi) is 5.35. The van der Waals surface area contributed by atoms with E-state index in [0.29, 0.717) is 4.80 Å². The van der Waals surface area contributed by atoms with Gasteiger partial charge in [0.1, 0.15) is 0 Å². The fourth-order valence-corrected chi connectivity index (χ4v) is 1.58. The van der Waals surface area contributed by atoms with Crippen LogP contribution in [0.15, 0.2) is 41.8 Å². The van der Waals surface area contributed by atoms with Gasteiger partial charge in [-0.25, -0.2) is 4.98 Å². The van der Waals surface area contributed by atoms with Gasteiger partial charge in [0, 0.05) is 5.56 Å². The molecule has 2 aromatic rings. The van der Waals surface area contributed by atoms with Gasteiger partial charge >= 0.3 is 0 Å². The SMILES string of the molecule is N=c1nc(-c2ccccc2)ccs1.[O-][Cl+3]([O-])([O-])O. The maximum atomic E-state index is 8.60. The van der Waals surface area contributed by atoms with Crippen LogP contribution in [0.5, 0.6) is 0 Å². The molecule has 0 radical (unpaired) electrons. The van der Waals surface area contributed by atoms with Crippen LogP contribution in [0.4, 0.5) is 0 Å². The lowest BCUT2D eigenvalue weighted by molar-refractivity contribution is -1.92. The molecule has 0 amide bonds. The van der Waals surface area contributed by atoms with Gasteiger partial charge in [0.15, 0.2) is 0 Å². The second kappa shape index (κ2) is 6.55. The molecule has 0 atom stereocenters. The summed E-state index contributed by atoms with van der Waals surface area (Å²) in [7, 11) is -4.69. The van der Waals surface area contributed by atoms with Crippen molar-refractivity contribution < 1.29 is 28.9 Å². The molecule has 0 aliphatic rings. The van der Waals surface area contributed by atoms with Gasteiger partial charge in [-0.2, -0.15) is 14.0 Å². The van der Waals surface area contributed by atoms with Crippen molar-refractivity contribution in [2.75, 3.05) is 0 Å². The fraction of sp³-hybridized carbons (Fsp3) is 0. The first-order chi connectivity index (χ1) is 8.36. The Balaban J connectivity index is 0.000000280. The highest BCUT2D eigenvalue weighted by atomic mass is 35.7. The van der Waals surface area contributed by atoms with E-state index in [1.54, 1.807) is 0 Å². The molecule has 1 heterocycles. The minimum absolute atomic E-state index is 0.348. The first kappa shape index (κ1) is 14.7. The van der Waals surface area contributed by atoms with Crippen LogP contribution < -0.4 is 18.8 Å². The van der Waals surface area contributed by atoms with E-state index >= 15 is 0 Å². The minimum atomic E-state index is -4.69. The van der Waals surface area contributed by atoms with Gasteiger partial charge in [-0.3, -0.25) is 5.41 Å². The summed E-state index contributed by atoms with van der Waals surface area (Å²) >= 11 is 1.33. The number of halogens is 1. The highest BCUT2D eigenvalue weighted by molar-refractivity contribution is 7.06. The zero-order valence-electron chi connectivity index (χ0n) is 8.95. The van der Waals surface area contributed by atoms with E-state index in [1.165, 1.54) is 11.3 Å². The van der Waals surface area contributed by atoms with Crippen LogP contribution >= 0.6 is 11.3 Å². The predicted molar refractivity (Wildman–Crippen MR) is 55.6 cm³/mol. The lowest BCUT2D eigenvalue weighted by Gasteiger charge is -2.03. The Hall–Kier alpha value is -1.35. The van der Waals surface area contributed by atoms with E-state index in [0.717, 1.165) is 11.3 Å². The molecule has 0 bridgehead atoms. The Bertz CT molecular complexity index is 535. The molecule has 0 aliphatic heterocycles. The summed E-state index contributed by atoms with van der Waals surface area (Å²) in [6.45, 7) is 0. The van der Waals surface area contributed by atoms with Crippen LogP contribution in [-0.4, -0.2) is 9.64 Å². The van der Waals surface area contributed by atoms with E-state index in [1.807, 2.05) is 41.8 Å². The molecule has 2 N–H and O–H groups in total. The molecule has 0 saturated carbocycles. The van der Waals surface area contributed by atoms with Crippen molar-refractivity contribution in [3.8, 4) is 11.3 Å². The Morgan fingerprint density at radius 2 is 1.67 bits per heavy atom. The summed E-state index contributed by atoms with van der Waals surface area (Å²) in [6.07, 6.45) is 0. The quantitative estimate of drug-likeness (QED) is 0.638. The smallest absolute Gasteiger partial charge is 0.202 e. The minimum Gasteiger partial charge on any atom is -0.274 e. The van der Waals surface area contributed by atoms with Gasteiger partial charge in [0.05, 0.1) is 20.6 Å². The molecule has 0 spiro atoms. The van der Waals surface area contributed by atoms with Crippen molar-refractivity contribution in [1.29, 1.82) is 5.41 Å². The molecule has 0 fully saturated rings. The fourth-order valence-electron chi connectivity index (χ4n) is 1.11. The van der Waals surface area contributed by atoms with E-state index in [9.17, 15) is 0 Å². The lowest BCUT2D eigenvalue weighted by Crippen LogP contribution is -2.58. The molecule has 1 aromatic carbocycles. The van der Waals surface area contributed by atoms with E-state index < -0.39 is 10.2 Å². The number of hydrogen-bond donors (Lipinski definition) is 2. The monoisotopic (exact) mass is 288 g/mol. The summed E-state index contributed by atoms with van der Waals surface area (Å²) in [5.41, 5.74) is 1.92. The van der Waals surface area contributed by atoms with Crippen molar-refractivity contribution >= 4 is 11.3 Å².